The monoisotopic (exact) mass is 383 g/mol. The van der Waals surface area contributed by atoms with Crippen molar-refractivity contribution in [1.29, 1.82) is 0 Å². The Morgan fingerprint density at radius 3 is 2.45 bits per heavy atom. The third-order valence-corrected chi connectivity index (χ3v) is 4.65. The SMILES string of the molecule is CC(C)(C)C(COc1ccc(Br)cc1Cl)CS(N)(=O)=O. The molecule has 0 bridgehead atoms. The molecule has 0 aliphatic carbocycles. The van der Waals surface area contributed by atoms with Crippen LogP contribution < -0.4 is 9.88 Å². The molecular weight excluding hydrogens is 366 g/mol. The molecule has 0 spiro atoms. The maximum atomic E-state index is 11.3. The zero-order valence-electron chi connectivity index (χ0n) is 11.7. The normalized spacial score (nSPS) is 14.1. The van der Waals surface area contributed by atoms with Gasteiger partial charge >= 0.3 is 0 Å². The van der Waals surface area contributed by atoms with Gasteiger partial charge < -0.3 is 4.74 Å². The lowest BCUT2D eigenvalue weighted by Crippen LogP contribution is -2.35. The molecule has 0 radical (unpaired) electrons. The average molecular weight is 385 g/mol. The fourth-order valence-corrected chi connectivity index (χ4v) is 3.50. The lowest BCUT2D eigenvalue weighted by molar-refractivity contribution is 0.163. The van der Waals surface area contributed by atoms with E-state index in [4.69, 9.17) is 21.5 Å². The van der Waals surface area contributed by atoms with Crippen molar-refractivity contribution in [2.24, 2.45) is 16.5 Å². The number of primary sulfonamides is 1. The van der Waals surface area contributed by atoms with Crippen LogP contribution in [0, 0.1) is 11.3 Å². The summed E-state index contributed by atoms with van der Waals surface area (Å²) in [5, 5.41) is 5.61. The van der Waals surface area contributed by atoms with E-state index in [1.165, 1.54) is 0 Å². The summed E-state index contributed by atoms with van der Waals surface area (Å²) in [7, 11) is -3.55. The summed E-state index contributed by atoms with van der Waals surface area (Å²) in [5.74, 6) is 0.181. The summed E-state index contributed by atoms with van der Waals surface area (Å²) in [5.41, 5.74) is -0.242. The maximum absolute atomic E-state index is 11.3. The Balaban J connectivity index is 2.81. The number of hydrogen-bond acceptors (Lipinski definition) is 3. The van der Waals surface area contributed by atoms with E-state index < -0.39 is 10.0 Å². The molecule has 7 heteroatoms. The van der Waals surface area contributed by atoms with Crippen LogP contribution in [0.25, 0.3) is 0 Å². The van der Waals surface area contributed by atoms with Crippen LogP contribution in [0.2, 0.25) is 5.02 Å². The van der Waals surface area contributed by atoms with Gasteiger partial charge in [-0.3, -0.25) is 0 Å². The molecule has 20 heavy (non-hydrogen) atoms. The second kappa shape index (κ2) is 6.64. The Bertz CT molecular complexity index is 569. The fraction of sp³-hybridized carbons (Fsp3) is 0.538. The number of halogens is 2. The quantitative estimate of drug-likeness (QED) is 0.845. The molecule has 114 valence electrons. The Labute approximate surface area is 133 Å². The molecule has 0 aliphatic rings. The van der Waals surface area contributed by atoms with E-state index in [-0.39, 0.29) is 23.7 Å². The van der Waals surface area contributed by atoms with Crippen LogP contribution in [-0.2, 0) is 10.0 Å². The zero-order valence-corrected chi connectivity index (χ0v) is 14.8. The highest BCUT2D eigenvalue weighted by atomic mass is 79.9. The van der Waals surface area contributed by atoms with Gasteiger partial charge in [-0.25, -0.2) is 13.6 Å². The minimum Gasteiger partial charge on any atom is -0.492 e. The highest BCUT2D eigenvalue weighted by molar-refractivity contribution is 9.10. The minimum absolute atomic E-state index is 0.120. The number of benzene rings is 1. The van der Waals surface area contributed by atoms with Crippen LogP contribution in [0.5, 0.6) is 5.75 Å². The predicted molar refractivity (Wildman–Crippen MR) is 85.6 cm³/mol. The van der Waals surface area contributed by atoms with Crippen molar-refractivity contribution in [1.82, 2.24) is 0 Å². The summed E-state index contributed by atoms with van der Waals surface area (Å²) < 4.78 is 29.1. The first kappa shape index (κ1) is 17.8. The average Bonchev–Trinajstić information content (AvgIpc) is 2.23. The summed E-state index contributed by atoms with van der Waals surface area (Å²) in [4.78, 5) is 0. The summed E-state index contributed by atoms with van der Waals surface area (Å²) in [6.07, 6.45) is 0. The van der Waals surface area contributed by atoms with Gasteiger partial charge in [0.15, 0.2) is 0 Å². The molecule has 0 amide bonds. The molecule has 1 aromatic carbocycles. The van der Waals surface area contributed by atoms with Crippen molar-refractivity contribution in [3.8, 4) is 5.75 Å². The molecule has 4 nitrogen and oxygen atoms in total. The molecule has 0 fully saturated rings. The third-order valence-electron chi connectivity index (χ3n) is 2.99. The van der Waals surface area contributed by atoms with Crippen LogP contribution in [0.15, 0.2) is 22.7 Å². The van der Waals surface area contributed by atoms with Crippen molar-refractivity contribution in [3.63, 3.8) is 0 Å². The Morgan fingerprint density at radius 2 is 2.00 bits per heavy atom. The first-order valence-electron chi connectivity index (χ1n) is 6.07. The molecule has 0 aromatic heterocycles. The number of sulfonamides is 1. The van der Waals surface area contributed by atoms with E-state index in [2.05, 4.69) is 15.9 Å². The van der Waals surface area contributed by atoms with Gasteiger partial charge in [0, 0.05) is 10.4 Å². The second-order valence-corrected chi connectivity index (χ2v) is 8.76. The molecule has 1 aromatic rings. The van der Waals surface area contributed by atoms with Crippen LogP contribution >= 0.6 is 27.5 Å². The smallest absolute Gasteiger partial charge is 0.209 e. The molecule has 0 heterocycles. The van der Waals surface area contributed by atoms with Gasteiger partial charge in [0.25, 0.3) is 0 Å². The number of rotatable bonds is 5. The van der Waals surface area contributed by atoms with Gasteiger partial charge in [-0.2, -0.15) is 0 Å². The van der Waals surface area contributed by atoms with Crippen LogP contribution in [0.4, 0.5) is 0 Å². The van der Waals surface area contributed by atoms with Crippen LogP contribution in [0.3, 0.4) is 0 Å². The summed E-state index contributed by atoms with van der Waals surface area (Å²) in [6.45, 7) is 6.10. The van der Waals surface area contributed by atoms with Gasteiger partial charge in [-0.15, -0.1) is 0 Å². The van der Waals surface area contributed by atoms with Crippen molar-refractivity contribution in [3.05, 3.63) is 27.7 Å². The van der Waals surface area contributed by atoms with Crippen molar-refractivity contribution >= 4 is 37.6 Å². The van der Waals surface area contributed by atoms with E-state index in [0.717, 1.165) is 4.47 Å². The van der Waals surface area contributed by atoms with E-state index >= 15 is 0 Å². The number of ether oxygens (including phenoxy) is 1. The standard InChI is InChI=1S/C13H19BrClNO3S/c1-13(2,3)9(8-20(16,17)18)7-19-12-5-4-10(14)6-11(12)15/h4-6,9H,7-8H2,1-3H3,(H2,16,17,18). The lowest BCUT2D eigenvalue weighted by Gasteiger charge is -2.30. The molecular formula is C13H19BrClNO3S. The van der Waals surface area contributed by atoms with Crippen molar-refractivity contribution < 1.29 is 13.2 Å². The van der Waals surface area contributed by atoms with E-state index in [1.807, 2.05) is 26.8 Å². The molecule has 1 atom stereocenters. The van der Waals surface area contributed by atoms with E-state index in [9.17, 15) is 8.42 Å². The van der Waals surface area contributed by atoms with Gasteiger partial charge in [0.1, 0.15) is 5.75 Å². The van der Waals surface area contributed by atoms with Crippen molar-refractivity contribution in [2.75, 3.05) is 12.4 Å². The summed E-state index contributed by atoms with van der Waals surface area (Å²) in [6, 6.07) is 5.28. The fourth-order valence-electron chi connectivity index (χ4n) is 1.61. The summed E-state index contributed by atoms with van der Waals surface area (Å²) >= 11 is 9.37. The first-order chi connectivity index (χ1) is 8.99. The Morgan fingerprint density at radius 1 is 1.40 bits per heavy atom. The molecule has 0 saturated heterocycles. The second-order valence-electron chi connectivity index (χ2n) is 5.78. The van der Waals surface area contributed by atoms with E-state index in [1.54, 1.807) is 12.1 Å². The Hall–Kier alpha value is -0.300. The highest BCUT2D eigenvalue weighted by Gasteiger charge is 2.29. The molecule has 0 saturated carbocycles. The third kappa shape index (κ3) is 5.99. The van der Waals surface area contributed by atoms with Crippen molar-refractivity contribution in [2.45, 2.75) is 20.8 Å². The largest absolute Gasteiger partial charge is 0.492 e. The van der Waals surface area contributed by atoms with Gasteiger partial charge in [-0.05, 0) is 23.6 Å². The molecule has 1 rings (SSSR count). The predicted octanol–water partition coefficient (Wildman–Crippen LogP) is 3.43. The first-order valence-corrected chi connectivity index (χ1v) is 8.96. The topological polar surface area (TPSA) is 69.4 Å². The lowest BCUT2D eigenvalue weighted by atomic mass is 9.82. The number of nitrogens with two attached hydrogens (primary N) is 1. The van der Waals surface area contributed by atoms with Crippen LogP contribution in [0.1, 0.15) is 20.8 Å². The number of hydrogen-bond donors (Lipinski definition) is 1. The molecule has 0 aliphatic heterocycles. The van der Waals surface area contributed by atoms with E-state index in [0.29, 0.717) is 10.8 Å². The molecule has 1 unspecified atom stereocenters. The molecule has 2 N–H and O–H groups in total. The van der Waals surface area contributed by atoms with Gasteiger partial charge in [-0.1, -0.05) is 48.3 Å². The highest BCUT2D eigenvalue weighted by Crippen LogP contribution is 2.31. The van der Waals surface area contributed by atoms with Gasteiger partial charge in [0.2, 0.25) is 10.0 Å². The van der Waals surface area contributed by atoms with Gasteiger partial charge in [0.05, 0.1) is 17.4 Å². The van der Waals surface area contributed by atoms with Crippen LogP contribution in [-0.4, -0.2) is 20.8 Å². The zero-order chi connectivity index (χ0) is 15.6. The minimum atomic E-state index is -3.55. The Kier molecular flexibility index (Phi) is 5.89. The maximum Gasteiger partial charge on any atom is 0.209 e.